The Morgan fingerprint density at radius 3 is 2.55 bits per heavy atom. The van der Waals surface area contributed by atoms with Crippen LogP contribution in [0.1, 0.15) is 48.0 Å². The molecule has 6 heteroatoms. The summed E-state index contributed by atoms with van der Waals surface area (Å²) < 4.78 is 12.1. The van der Waals surface area contributed by atoms with Gasteiger partial charge in [-0.25, -0.2) is 0 Å². The molecule has 2 rings (SSSR count). The molecule has 0 aliphatic rings. The summed E-state index contributed by atoms with van der Waals surface area (Å²) >= 11 is 0. The molecule has 168 valence electrons. The monoisotopic (exact) mass is 440 g/mol. The average Bonchev–Trinajstić information content (AvgIpc) is 2.68. The molecule has 5 nitrogen and oxygen atoms in total. The number of aromatic nitrogens is 1. The molecule has 1 amide bonds. The van der Waals surface area contributed by atoms with Gasteiger partial charge in [0.1, 0.15) is 5.75 Å². The number of carbonyl (C=O) groups excluding carboxylic acids is 1. The number of pyridine rings is 1. The lowest BCUT2D eigenvalue weighted by atomic mass is 10.1. The van der Waals surface area contributed by atoms with E-state index in [1.54, 1.807) is 6.20 Å². The van der Waals surface area contributed by atoms with Crippen molar-refractivity contribution >= 4 is 25.1 Å². The van der Waals surface area contributed by atoms with Gasteiger partial charge in [0.25, 0.3) is 5.91 Å². The fourth-order valence-electron chi connectivity index (χ4n) is 2.72. The van der Waals surface area contributed by atoms with E-state index in [-0.39, 0.29) is 10.9 Å². The standard InChI is InChI=1S/C25H36N2O3Si/c1-9-22(30-20-13-14-21-19(18-20)12-10-16-26-21)23(28)27-25(5,6)15-11-17-29-31(7,8)24(2,3)4/h10,12-14,16,18,22H,9,17H2,1-8H3,(H,27,28). The molecule has 0 radical (unpaired) electrons. The molecule has 0 bridgehead atoms. The summed E-state index contributed by atoms with van der Waals surface area (Å²) in [5.74, 6) is 6.68. The number of nitrogens with one attached hydrogen (secondary N) is 1. The van der Waals surface area contributed by atoms with Gasteiger partial charge in [0.05, 0.1) is 17.7 Å². The Morgan fingerprint density at radius 1 is 1.19 bits per heavy atom. The van der Waals surface area contributed by atoms with E-state index in [4.69, 9.17) is 9.16 Å². The zero-order chi connectivity index (χ0) is 23.3. The molecular weight excluding hydrogens is 404 g/mol. The second-order valence-corrected chi connectivity index (χ2v) is 14.6. The minimum atomic E-state index is -1.83. The number of carbonyl (C=O) groups is 1. The highest BCUT2D eigenvalue weighted by molar-refractivity contribution is 6.74. The Kier molecular flexibility index (Phi) is 7.91. The normalized spacial score (nSPS) is 13.3. The number of hydrogen-bond donors (Lipinski definition) is 1. The van der Waals surface area contributed by atoms with Crippen molar-refractivity contribution < 1.29 is 14.0 Å². The molecule has 0 aliphatic carbocycles. The first-order valence-electron chi connectivity index (χ1n) is 10.8. The highest BCUT2D eigenvalue weighted by Crippen LogP contribution is 2.36. The van der Waals surface area contributed by atoms with Gasteiger partial charge in [0, 0.05) is 11.6 Å². The van der Waals surface area contributed by atoms with E-state index < -0.39 is 20.0 Å². The Morgan fingerprint density at radius 2 is 1.90 bits per heavy atom. The second kappa shape index (κ2) is 9.84. The third-order valence-corrected chi connectivity index (χ3v) is 10.1. The van der Waals surface area contributed by atoms with Gasteiger partial charge in [-0.2, -0.15) is 0 Å². The summed E-state index contributed by atoms with van der Waals surface area (Å²) in [6, 6.07) is 9.50. The Balaban J connectivity index is 1.99. The second-order valence-electron chi connectivity index (χ2n) is 9.84. The number of ether oxygens (including phenoxy) is 1. The van der Waals surface area contributed by atoms with Crippen molar-refractivity contribution in [2.45, 2.75) is 77.7 Å². The van der Waals surface area contributed by atoms with Crippen LogP contribution in [0.5, 0.6) is 5.75 Å². The minimum Gasteiger partial charge on any atom is -0.481 e. The molecule has 1 aromatic heterocycles. The topological polar surface area (TPSA) is 60.5 Å². The first kappa shape index (κ1) is 24.9. The van der Waals surface area contributed by atoms with E-state index in [0.29, 0.717) is 18.8 Å². The SMILES string of the molecule is CCC(Oc1ccc2ncccc2c1)C(=O)NC(C)(C)C#CCO[Si](C)(C)C(C)(C)C. The van der Waals surface area contributed by atoms with Crippen molar-refractivity contribution in [2.24, 2.45) is 0 Å². The Labute approximate surface area is 188 Å². The lowest BCUT2D eigenvalue weighted by molar-refractivity contribution is -0.129. The number of hydrogen-bond acceptors (Lipinski definition) is 4. The lowest BCUT2D eigenvalue weighted by Crippen LogP contribution is -2.48. The van der Waals surface area contributed by atoms with Gasteiger partial charge in [-0.05, 0) is 62.7 Å². The summed E-state index contributed by atoms with van der Waals surface area (Å²) in [5.41, 5.74) is 0.210. The summed E-state index contributed by atoms with van der Waals surface area (Å²) in [4.78, 5) is 17.2. The first-order valence-corrected chi connectivity index (χ1v) is 13.7. The summed E-state index contributed by atoms with van der Waals surface area (Å²) in [7, 11) is -1.83. The van der Waals surface area contributed by atoms with Crippen LogP contribution < -0.4 is 10.1 Å². The van der Waals surface area contributed by atoms with Crippen LogP contribution in [0.3, 0.4) is 0 Å². The summed E-state index contributed by atoms with van der Waals surface area (Å²) in [6.45, 7) is 17.1. The van der Waals surface area contributed by atoms with Crippen LogP contribution >= 0.6 is 0 Å². The van der Waals surface area contributed by atoms with Gasteiger partial charge in [-0.15, -0.1) is 0 Å². The van der Waals surface area contributed by atoms with Crippen LogP contribution in [0.25, 0.3) is 10.9 Å². The molecule has 1 aromatic carbocycles. The predicted octanol–water partition coefficient (Wildman–Crippen LogP) is 5.31. The molecule has 1 atom stereocenters. The van der Waals surface area contributed by atoms with E-state index in [1.807, 2.05) is 51.1 Å². The van der Waals surface area contributed by atoms with Crippen LogP contribution in [0.4, 0.5) is 0 Å². The average molecular weight is 441 g/mol. The fourth-order valence-corrected chi connectivity index (χ4v) is 3.59. The van der Waals surface area contributed by atoms with Crippen molar-refractivity contribution in [3.8, 4) is 17.6 Å². The minimum absolute atomic E-state index is 0.142. The number of rotatable bonds is 7. The molecular formula is C25H36N2O3Si. The van der Waals surface area contributed by atoms with Crippen LogP contribution in [0.15, 0.2) is 36.5 Å². The van der Waals surface area contributed by atoms with E-state index in [0.717, 1.165) is 10.9 Å². The number of fused-ring (bicyclic) bond motifs is 1. The van der Waals surface area contributed by atoms with Crippen molar-refractivity contribution in [3.63, 3.8) is 0 Å². The van der Waals surface area contributed by atoms with E-state index in [2.05, 4.69) is 56.0 Å². The Bertz CT molecular complexity index is 968. The van der Waals surface area contributed by atoms with Gasteiger partial charge < -0.3 is 14.5 Å². The smallest absolute Gasteiger partial charge is 0.262 e. The lowest BCUT2D eigenvalue weighted by Gasteiger charge is -2.35. The van der Waals surface area contributed by atoms with Crippen LogP contribution in [0.2, 0.25) is 18.1 Å². The molecule has 1 N–H and O–H groups in total. The van der Waals surface area contributed by atoms with Gasteiger partial charge in [-0.1, -0.05) is 45.6 Å². The van der Waals surface area contributed by atoms with Crippen molar-refractivity contribution in [3.05, 3.63) is 36.5 Å². The van der Waals surface area contributed by atoms with Crippen molar-refractivity contribution in [2.75, 3.05) is 6.61 Å². The van der Waals surface area contributed by atoms with Crippen LogP contribution in [-0.2, 0) is 9.22 Å². The quantitative estimate of drug-likeness (QED) is 0.468. The highest BCUT2D eigenvalue weighted by Gasteiger charge is 2.36. The molecule has 0 spiro atoms. The predicted molar refractivity (Wildman–Crippen MR) is 130 cm³/mol. The molecule has 0 saturated carbocycles. The molecule has 0 aliphatic heterocycles. The maximum Gasteiger partial charge on any atom is 0.262 e. The van der Waals surface area contributed by atoms with E-state index >= 15 is 0 Å². The number of amides is 1. The molecule has 1 unspecified atom stereocenters. The molecule has 0 saturated heterocycles. The zero-order valence-electron chi connectivity index (χ0n) is 20.1. The van der Waals surface area contributed by atoms with Gasteiger partial charge in [-0.3, -0.25) is 9.78 Å². The largest absolute Gasteiger partial charge is 0.481 e. The molecule has 2 aromatic rings. The van der Waals surface area contributed by atoms with Crippen molar-refractivity contribution in [1.82, 2.24) is 10.3 Å². The maximum atomic E-state index is 12.8. The third-order valence-electron chi connectivity index (χ3n) is 5.66. The number of nitrogens with zero attached hydrogens (tertiary/aromatic N) is 1. The highest BCUT2D eigenvalue weighted by atomic mass is 28.4. The first-order chi connectivity index (χ1) is 14.3. The fraction of sp³-hybridized carbons (Fsp3) is 0.520. The third kappa shape index (κ3) is 7.08. The Hall–Kier alpha value is -2.36. The van der Waals surface area contributed by atoms with Crippen molar-refractivity contribution in [1.29, 1.82) is 0 Å². The van der Waals surface area contributed by atoms with Crippen LogP contribution in [0, 0.1) is 11.8 Å². The summed E-state index contributed by atoms with van der Waals surface area (Å²) in [6.07, 6.45) is 1.71. The zero-order valence-corrected chi connectivity index (χ0v) is 21.1. The molecule has 31 heavy (non-hydrogen) atoms. The molecule has 0 fully saturated rings. The van der Waals surface area contributed by atoms with Crippen LogP contribution in [-0.4, -0.2) is 37.5 Å². The number of benzene rings is 1. The van der Waals surface area contributed by atoms with Gasteiger partial charge in [0.2, 0.25) is 0 Å². The maximum absolute atomic E-state index is 12.8. The van der Waals surface area contributed by atoms with Gasteiger partial charge >= 0.3 is 0 Å². The van der Waals surface area contributed by atoms with E-state index in [1.165, 1.54) is 0 Å². The molecule has 1 heterocycles. The summed E-state index contributed by atoms with van der Waals surface area (Å²) in [5, 5.41) is 4.12. The van der Waals surface area contributed by atoms with E-state index in [9.17, 15) is 4.79 Å². The van der Waals surface area contributed by atoms with Gasteiger partial charge in [0.15, 0.2) is 14.4 Å².